The highest BCUT2D eigenvalue weighted by Crippen LogP contribution is 2.51. The van der Waals surface area contributed by atoms with Crippen LogP contribution in [0.2, 0.25) is 0 Å². The van der Waals surface area contributed by atoms with E-state index in [9.17, 15) is 9.59 Å². The van der Waals surface area contributed by atoms with Crippen LogP contribution in [-0.4, -0.2) is 52.4 Å². The van der Waals surface area contributed by atoms with Gasteiger partial charge in [0.2, 0.25) is 5.91 Å². The molecule has 4 aliphatic rings. The summed E-state index contributed by atoms with van der Waals surface area (Å²) >= 11 is 0. The number of carbonyl (C=O) groups excluding carboxylic acids is 2. The predicted octanol–water partition coefficient (Wildman–Crippen LogP) is 3.97. The van der Waals surface area contributed by atoms with Crippen LogP contribution in [0.4, 0.5) is 10.1 Å². The third-order valence-corrected chi connectivity index (χ3v) is 9.11. The van der Waals surface area contributed by atoms with Crippen molar-refractivity contribution in [2.45, 2.75) is 89.9 Å². The number of anilines is 1. The Balaban J connectivity index is 1.13. The monoisotopic (exact) mass is 563 g/mol. The molecular weight excluding hydrogens is 525 g/mol. The Morgan fingerprint density at radius 2 is 1.76 bits per heavy atom. The predicted molar refractivity (Wildman–Crippen MR) is 147 cm³/mol. The van der Waals surface area contributed by atoms with Gasteiger partial charge < -0.3 is 15.2 Å². The molecule has 7 rings (SSSR count). The lowest BCUT2D eigenvalue weighted by atomic mass is 9.88. The van der Waals surface area contributed by atoms with Gasteiger partial charge in [0.1, 0.15) is 23.5 Å². The van der Waals surface area contributed by atoms with Crippen LogP contribution < -0.4 is 10.6 Å². The minimum absolute atomic E-state index is 0.0111. The summed E-state index contributed by atoms with van der Waals surface area (Å²) in [4.78, 5) is 27.3. The van der Waals surface area contributed by atoms with E-state index in [1.807, 2.05) is 35.4 Å². The van der Waals surface area contributed by atoms with Crippen LogP contribution >= 0.6 is 0 Å². The summed E-state index contributed by atoms with van der Waals surface area (Å²) in [5.74, 6) is 0.917. The van der Waals surface area contributed by atoms with Gasteiger partial charge in [-0.2, -0.15) is 4.39 Å². The quantitative estimate of drug-likeness (QED) is 0.324. The molecule has 1 unspecified atom stereocenters. The van der Waals surface area contributed by atoms with E-state index in [0.29, 0.717) is 29.3 Å². The van der Waals surface area contributed by atoms with Crippen LogP contribution in [0, 0.1) is 35.5 Å². The Kier molecular flexibility index (Phi) is 6.66. The van der Waals surface area contributed by atoms with E-state index in [1.165, 1.54) is 12.8 Å². The average molecular weight is 564 g/mol. The first-order valence-electron chi connectivity index (χ1n) is 15.2. The number of amides is 2. The molecule has 12 heteroatoms. The van der Waals surface area contributed by atoms with Crippen molar-refractivity contribution >= 4 is 17.5 Å². The Morgan fingerprint density at radius 1 is 1.05 bits per heavy atom. The number of hydrogen-bond acceptors (Lipinski definition) is 6. The molecule has 3 aromatic heterocycles. The van der Waals surface area contributed by atoms with Crippen molar-refractivity contribution in [3.63, 3.8) is 0 Å². The van der Waals surface area contributed by atoms with Crippen molar-refractivity contribution in [2.24, 2.45) is 29.6 Å². The van der Waals surface area contributed by atoms with Gasteiger partial charge in [0.15, 0.2) is 5.82 Å². The van der Waals surface area contributed by atoms with Gasteiger partial charge in [-0.1, -0.05) is 0 Å². The first kappa shape index (κ1) is 26.3. The number of nitrogens with one attached hydrogen (secondary N) is 2. The maximum atomic E-state index is 15.3. The van der Waals surface area contributed by atoms with E-state index in [0.717, 1.165) is 45.1 Å². The first-order chi connectivity index (χ1) is 19.9. The SMILES string of the molecule is CC(C)n1cccc1C(=O)N[C@H](C(=O)Nc1cn(C(c2nnnn2CC2CC2)C2CC2)nc1F)C(C1CC1)C1CC1. The van der Waals surface area contributed by atoms with E-state index in [4.69, 9.17) is 0 Å². The standard InChI is InChI=1S/C29H38FN9O2/c1-16(2)37-13-3-4-22(37)28(40)32-24(23(18-7-8-18)19-9-10-19)29(41)31-21-15-38(34-26(21)30)25(20-11-12-20)27-33-35-36-39(27)14-17-5-6-17/h3-4,13,15-20,23-25H,5-12,14H2,1-2H3,(H,31,41)(H,32,40)/t24-,25?/m0/s1. The molecule has 0 radical (unpaired) electrons. The fourth-order valence-electron chi connectivity index (χ4n) is 6.34. The molecule has 0 aromatic carbocycles. The van der Waals surface area contributed by atoms with E-state index < -0.39 is 17.9 Å². The lowest BCUT2D eigenvalue weighted by Crippen LogP contribution is -2.50. The molecule has 41 heavy (non-hydrogen) atoms. The zero-order valence-electron chi connectivity index (χ0n) is 23.6. The molecule has 2 atom stereocenters. The number of tetrazole rings is 1. The highest BCUT2D eigenvalue weighted by atomic mass is 19.1. The number of carbonyl (C=O) groups is 2. The van der Waals surface area contributed by atoms with Crippen LogP contribution in [0.25, 0.3) is 0 Å². The van der Waals surface area contributed by atoms with Crippen molar-refractivity contribution in [1.29, 1.82) is 0 Å². The first-order valence-corrected chi connectivity index (χ1v) is 15.2. The zero-order valence-corrected chi connectivity index (χ0v) is 23.6. The molecule has 0 saturated heterocycles. The van der Waals surface area contributed by atoms with Crippen molar-refractivity contribution in [3.05, 3.63) is 42.0 Å². The molecule has 0 bridgehead atoms. The zero-order chi connectivity index (χ0) is 28.2. The van der Waals surface area contributed by atoms with Crippen LogP contribution in [0.15, 0.2) is 24.5 Å². The maximum Gasteiger partial charge on any atom is 0.268 e. The molecule has 0 spiro atoms. The van der Waals surface area contributed by atoms with Crippen LogP contribution in [0.1, 0.15) is 93.6 Å². The van der Waals surface area contributed by atoms with E-state index >= 15 is 4.39 Å². The summed E-state index contributed by atoms with van der Waals surface area (Å²) in [7, 11) is 0. The highest BCUT2D eigenvalue weighted by molar-refractivity contribution is 6.00. The van der Waals surface area contributed by atoms with Gasteiger partial charge >= 0.3 is 0 Å². The van der Waals surface area contributed by atoms with E-state index in [-0.39, 0.29) is 35.5 Å². The Hall–Kier alpha value is -3.57. The smallest absolute Gasteiger partial charge is 0.268 e. The second kappa shape index (κ2) is 10.4. The van der Waals surface area contributed by atoms with Crippen LogP contribution in [0.3, 0.4) is 0 Å². The van der Waals surface area contributed by atoms with Crippen LogP contribution in [0.5, 0.6) is 0 Å². The Labute approximate surface area is 238 Å². The topological polar surface area (TPSA) is 125 Å². The lowest BCUT2D eigenvalue weighted by molar-refractivity contribution is -0.119. The summed E-state index contributed by atoms with van der Waals surface area (Å²) in [6, 6.07) is 2.65. The van der Waals surface area contributed by atoms with E-state index in [1.54, 1.807) is 16.9 Å². The van der Waals surface area contributed by atoms with Crippen LogP contribution in [-0.2, 0) is 11.3 Å². The number of aromatic nitrogens is 7. The van der Waals surface area contributed by atoms with Gasteiger partial charge in [-0.3, -0.25) is 14.3 Å². The number of hydrogen-bond donors (Lipinski definition) is 2. The molecule has 3 aromatic rings. The minimum atomic E-state index is -0.758. The molecule has 2 amide bonds. The van der Waals surface area contributed by atoms with Crippen molar-refractivity contribution < 1.29 is 14.0 Å². The number of halogens is 1. The molecule has 4 saturated carbocycles. The Bertz CT molecular complexity index is 1420. The average Bonchev–Trinajstić information content (AvgIpc) is 3.74. The summed E-state index contributed by atoms with van der Waals surface area (Å²) in [6.07, 6.45) is 11.9. The molecule has 4 aliphatic carbocycles. The Morgan fingerprint density at radius 3 is 2.39 bits per heavy atom. The molecule has 3 heterocycles. The summed E-state index contributed by atoms with van der Waals surface area (Å²) in [6.45, 7) is 4.78. The summed E-state index contributed by atoms with van der Waals surface area (Å²) in [5.41, 5.74) is 0.523. The fourth-order valence-corrected chi connectivity index (χ4v) is 6.34. The van der Waals surface area contributed by atoms with Crippen molar-refractivity contribution in [1.82, 2.24) is 39.9 Å². The largest absolute Gasteiger partial charge is 0.341 e. The van der Waals surface area contributed by atoms with Crippen molar-refractivity contribution in [3.8, 4) is 0 Å². The van der Waals surface area contributed by atoms with Gasteiger partial charge in [-0.15, -0.1) is 10.2 Å². The molecule has 11 nitrogen and oxygen atoms in total. The van der Waals surface area contributed by atoms with Gasteiger partial charge in [0.05, 0.1) is 6.20 Å². The second-order valence-electron chi connectivity index (χ2n) is 12.8. The molecule has 4 fully saturated rings. The van der Waals surface area contributed by atoms with Gasteiger partial charge in [-0.25, -0.2) is 4.68 Å². The third-order valence-electron chi connectivity index (χ3n) is 9.11. The summed E-state index contributed by atoms with van der Waals surface area (Å²) in [5, 5.41) is 22.4. The van der Waals surface area contributed by atoms with Gasteiger partial charge in [-0.05, 0) is 117 Å². The number of rotatable bonds is 13. The maximum absolute atomic E-state index is 15.3. The molecule has 0 aliphatic heterocycles. The molecular formula is C29H38FN9O2. The highest BCUT2D eigenvalue weighted by Gasteiger charge is 2.49. The van der Waals surface area contributed by atoms with E-state index in [2.05, 4.69) is 31.3 Å². The minimum Gasteiger partial charge on any atom is -0.341 e. The fraction of sp³-hybridized carbons (Fsp3) is 0.655. The molecule has 2 N–H and O–H groups in total. The summed E-state index contributed by atoms with van der Waals surface area (Å²) < 4.78 is 20.6. The molecule has 218 valence electrons. The second-order valence-corrected chi connectivity index (χ2v) is 12.8. The third kappa shape index (κ3) is 5.52. The number of nitrogens with zero attached hydrogens (tertiary/aromatic N) is 7. The van der Waals surface area contributed by atoms with Gasteiger partial charge in [0, 0.05) is 18.8 Å². The lowest BCUT2D eigenvalue weighted by Gasteiger charge is -2.27. The van der Waals surface area contributed by atoms with Crippen molar-refractivity contribution in [2.75, 3.05) is 5.32 Å². The van der Waals surface area contributed by atoms with Gasteiger partial charge in [0.25, 0.3) is 11.9 Å². The normalized spacial score (nSPS) is 20.4.